The molecule has 1 saturated heterocycles. The van der Waals surface area contributed by atoms with E-state index in [1.807, 2.05) is 35.2 Å². The predicted octanol–water partition coefficient (Wildman–Crippen LogP) is 3.04. The first kappa shape index (κ1) is 15.0. The molecule has 2 aromatic rings. The van der Waals surface area contributed by atoms with Crippen molar-refractivity contribution >= 4 is 5.69 Å². The SMILES string of the molecule is O[C@H](Cc1ccccc1)C1CCN(c2ccncc2F)CC1. The van der Waals surface area contributed by atoms with Gasteiger partial charge in [0.25, 0.3) is 0 Å². The Morgan fingerprint density at radius 2 is 1.91 bits per heavy atom. The van der Waals surface area contributed by atoms with Crippen molar-refractivity contribution in [2.24, 2.45) is 5.92 Å². The van der Waals surface area contributed by atoms with Crippen molar-refractivity contribution in [1.29, 1.82) is 0 Å². The molecule has 22 heavy (non-hydrogen) atoms. The minimum atomic E-state index is -0.327. The van der Waals surface area contributed by atoms with Gasteiger partial charge < -0.3 is 10.0 Å². The fraction of sp³-hybridized carbons (Fsp3) is 0.389. The topological polar surface area (TPSA) is 36.4 Å². The lowest BCUT2D eigenvalue weighted by molar-refractivity contribution is 0.0929. The van der Waals surface area contributed by atoms with Crippen LogP contribution < -0.4 is 4.90 Å². The molecule has 0 aliphatic carbocycles. The second-order valence-electron chi connectivity index (χ2n) is 5.91. The Labute approximate surface area is 130 Å². The van der Waals surface area contributed by atoms with E-state index in [4.69, 9.17) is 0 Å². The minimum Gasteiger partial charge on any atom is -0.392 e. The Bertz CT molecular complexity index is 597. The molecule has 3 nitrogen and oxygen atoms in total. The minimum absolute atomic E-state index is 0.272. The maximum Gasteiger partial charge on any atom is 0.164 e. The number of hydrogen-bond donors (Lipinski definition) is 1. The van der Waals surface area contributed by atoms with Crippen molar-refractivity contribution in [3.8, 4) is 0 Å². The van der Waals surface area contributed by atoms with Gasteiger partial charge in [-0.3, -0.25) is 4.98 Å². The number of piperidine rings is 1. The third-order valence-corrected chi connectivity index (χ3v) is 4.46. The highest BCUT2D eigenvalue weighted by Gasteiger charge is 2.26. The molecule has 1 aromatic carbocycles. The first-order valence-corrected chi connectivity index (χ1v) is 7.80. The van der Waals surface area contributed by atoms with E-state index in [0.717, 1.165) is 31.5 Å². The molecule has 1 aliphatic heterocycles. The van der Waals surface area contributed by atoms with Crippen molar-refractivity contribution in [3.63, 3.8) is 0 Å². The Morgan fingerprint density at radius 1 is 1.18 bits per heavy atom. The summed E-state index contributed by atoms with van der Waals surface area (Å²) in [4.78, 5) is 5.83. The van der Waals surface area contributed by atoms with Crippen LogP contribution in [0.4, 0.5) is 10.1 Å². The lowest BCUT2D eigenvalue weighted by Crippen LogP contribution is -2.38. The number of rotatable bonds is 4. The summed E-state index contributed by atoms with van der Waals surface area (Å²) in [5.41, 5.74) is 1.78. The maximum absolute atomic E-state index is 13.8. The fourth-order valence-electron chi connectivity index (χ4n) is 3.17. The second-order valence-corrected chi connectivity index (χ2v) is 5.91. The number of halogens is 1. The summed E-state index contributed by atoms with van der Waals surface area (Å²) in [7, 11) is 0. The quantitative estimate of drug-likeness (QED) is 0.943. The predicted molar refractivity (Wildman–Crippen MR) is 85.3 cm³/mol. The molecule has 0 amide bonds. The van der Waals surface area contributed by atoms with E-state index < -0.39 is 0 Å². The van der Waals surface area contributed by atoms with Gasteiger partial charge in [-0.15, -0.1) is 0 Å². The third kappa shape index (κ3) is 3.45. The standard InChI is InChI=1S/C18H21FN2O/c19-16-13-20-9-6-17(16)21-10-7-15(8-11-21)18(22)12-14-4-2-1-3-5-14/h1-6,9,13,15,18,22H,7-8,10-12H2/t18-/m1/s1. The summed E-state index contributed by atoms with van der Waals surface area (Å²) in [6.07, 6.45) is 5.01. The van der Waals surface area contributed by atoms with E-state index in [-0.39, 0.29) is 17.8 Å². The molecule has 116 valence electrons. The van der Waals surface area contributed by atoms with Crippen molar-refractivity contribution < 1.29 is 9.50 Å². The Hall–Kier alpha value is -1.94. The molecule has 4 heteroatoms. The van der Waals surface area contributed by atoms with Crippen molar-refractivity contribution in [1.82, 2.24) is 4.98 Å². The van der Waals surface area contributed by atoms with Gasteiger partial charge in [0.15, 0.2) is 5.82 Å². The molecular formula is C18H21FN2O. The van der Waals surface area contributed by atoms with Crippen LogP contribution in [0.25, 0.3) is 0 Å². The Morgan fingerprint density at radius 3 is 2.59 bits per heavy atom. The molecule has 1 atom stereocenters. The lowest BCUT2D eigenvalue weighted by atomic mass is 9.88. The number of aliphatic hydroxyl groups is 1. The highest BCUT2D eigenvalue weighted by Crippen LogP contribution is 2.27. The van der Waals surface area contributed by atoms with Crippen LogP contribution in [0.15, 0.2) is 48.8 Å². The average Bonchev–Trinajstić information content (AvgIpc) is 2.56. The van der Waals surface area contributed by atoms with Gasteiger partial charge in [0.2, 0.25) is 0 Å². The van der Waals surface area contributed by atoms with Gasteiger partial charge >= 0.3 is 0 Å². The van der Waals surface area contributed by atoms with Crippen LogP contribution in [0.1, 0.15) is 18.4 Å². The molecule has 0 bridgehead atoms. The highest BCUT2D eigenvalue weighted by atomic mass is 19.1. The number of pyridine rings is 1. The first-order valence-electron chi connectivity index (χ1n) is 7.80. The van der Waals surface area contributed by atoms with Crippen LogP contribution in [0.5, 0.6) is 0 Å². The second kappa shape index (κ2) is 6.88. The van der Waals surface area contributed by atoms with Crippen molar-refractivity contribution in [2.45, 2.75) is 25.4 Å². The normalized spacial score (nSPS) is 17.5. The smallest absolute Gasteiger partial charge is 0.164 e. The number of aromatic nitrogens is 1. The summed E-state index contributed by atoms with van der Waals surface area (Å²) in [5.74, 6) is 0.00661. The number of anilines is 1. The van der Waals surface area contributed by atoms with Crippen molar-refractivity contribution in [2.75, 3.05) is 18.0 Å². The van der Waals surface area contributed by atoms with Gasteiger partial charge in [-0.05, 0) is 36.8 Å². The van der Waals surface area contributed by atoms with Crippen LogP contribution in [-0.4, -0.2) is 29.3 Å². The van der Waals surface area contributed by atoms with Crippen LogP contribution in [-0.2, 0) is 6.42 Å². The molecule has 0 saturated carbocycles. The number of nitrogens with zero attached hydrogens (tertiary/aromatic N) is 2. The molecular weight excluding hydrogens is 279 g/mol. The molecule has 0 spiro atoms. The Kier molecular flexibility index (Phi) is 4.68. The number of benzene rings is 1. The van der Waals surface area contributed by atoms with E-state index >= 15 is 0 Å². The Balaban J connectivity index is 1.56. The summed E-state index contributed by atoms with van der Waals surface area (Å²) in [6.45, 7) is 1.55. The van der Waals surface area contributed by atoms with E-state index in [1.165, 1.54) is 6.20 Å². The zero-order chi connectivity index (χ0) is 15.4. The van der Waals surface area contributed by atoms with Gasteiger partial charge in [0.1, 0.15) is 0 Å². The van der Waals surface area contributed by atoms with Gasteiger partial charge in [-0.2, -0.15) is 0 Å². The molecule has 1 aromatic heterocycles. The lowest BCUT2D eigenvalue weighted by Gasteiger charge is -2.35. The zero-order valence-electron chi connectivity index (χ0n) is 12.5. The van der Waals surface area contributed by atoms with E-state index in [1.54, 1.807) is 12.3 Å². The highest BCUT2D eigenvalue weighted by molar-refractivity contribution is 5.46. The zero-order valence-corrected chi connectivity index (χ0v) is 12.5. The monoisotopic (exact) mass is 300 g/mol. The van der Waals surface area contributed by atoms with Gasteiger partial charge in [0.05, 0.1) is 18.0 Å². The van der Waals surface area contributed by atoms with E-state index in [9.17, 15) is 9.50 Å². The van der Waals surface area contributed by atoms with E-state index in [2.05, 4.69) is 4.98 Å². The van der Waals surface area contributed by atoms with Crippen LogP contribution in [0.2, 0.25) is 0 Å². The fourth-order valence-corrected chi connectivity index (χ4v) is 3.17. The molecule has 3 rings (SSSR count). The van der Waals surface area contributed by atoms with E-state index in [0.29, 0.717) is 12.1 Å². The maximum atomic E-state index is 13.8. The number of hydrogen-bond acceptors (Lipinski definition) is 3. The molecule has 1 N–H and O–H groups in total. The summed E-state index contributed by atoms with van der Waals surface area (Å²) in [6, 6.07) is 11.8. The summed E-state index contributed by atoms with van der Waals surface area (Å²) in [5, 5.41) is 10.4. The van der Waals surface area contributed by atoms with Crippen LogP contribution >= 0.6 is 0 Å². The summed E-state index contributed by atoms with van der Waals surface area (Å²) >= 11 is 0. The van der Waals surface area contributed by atoms with Gasteiger partial charge in [0, 0.05) is 19.3 Å². The molecule has 1 aliphatic rings. The van der Waals surface area contributed by atoms with Crippen LogP contribution in [0, 0.1) is 11.7 Å². The third-order valence-electron chi connectivity index (χ3n) is 4.46. The van der Waals surface area contributed by atoms with Gasteiger partial charge in [-0.25, -0.2) is 4.39 Å². The first-order chi connectivity index (χ1) is 10.7. The molecule has 1 fully saturated rings. The number of aliphatic hydroxyl groups excluding tert-OH is 1. The van der Waals surface area contributed by atoms with Gasteiger partial charge in [-0.1, -0.05) is 30.3 Å². The summed E-state index contributed by atoms with van der Waals surface area (Å²) < 4.78 is 13.8. The molecule has 0 unspecified atom stereocenters. The largest absolute Gasteiger partial charge is 0.392 e. The molecule has 2 heterocycles. The average molecular weight is 300 g/mol. The van der Waals surface area contributed by atoms with Crippen LogP contribution in [0.3, 0.4) is 0 Å². The van der Waals surface area contributed by atoms with Crippen molar-refractivity contribution in [3.05, 3.63) is 60.2 Å². The molecule has 0 radical (unpaired) electrons.